The Morgan fingerprint density at radius 1 is 1.12 bits per heavy atom. The molecule has 2 aliphatic heterocycles. The van der Waals surface area contributed by atoms with Crippen molar-refractivity contribution in [3.05, 3.63) is 58.3 Å². The van der Waals surface area contributed by atoms with E-state index in [2.05, 4.69) is 5.32 Å². The van der Waals surface area contributed by atoms with Gasteiger partial charge in [0.25, 0.3) is 11.8 Å². The average molecular weight is 458 g/mol. The Morgan fingerprint density at radius 2 is 1.88 bits per heavy atom. The number of nitrogens with zero attached hydrogens (tertiary/aromatic N) is 2. The third kappa shape index (κ3) is 4.41. The zero-order valence-electron chi connectivity index (χ0n) is 18.0. The molecule has 1 N–H and O–H groups in total. The highest BCUT2D eigenvalue weighted by atomic mass is 32.1. The van der Waals surface area contributed by atoms with Crippen molar-refractivity contribution in [2.24, 2.45) is 0 Å². The molecule has 9 heteroatoms. The third-order valence-electron chi connectivity index (χ3n) is 5.97. The number of carbonyl (C=O) groups excluding carboxylic acids is 3. The number of amides is 3. The maximum Gasteiger partial charge on any atom is 0.263 e. The molecule has 1 spiro atoms. The van der Waals surface area contributed by atoms with Crippen molar-refractivity contribution in [1.82, 2.24) is 15.1 Å². The number of nitrogens with one attached hydrogen (secondary N) is 1. The van der Waals surface area contributed by atoms with Crippen LogP contribution in [0, 0.1) is 0 Å². The summed E-state index contributed by atoms with van der Waals surface area (Å²) in [5, 5.41) is 4.71. The molecule has 2 saturated heterocycles. The Kier molecular flexibility index (Phi) is 6.88. The van der Waals surface area contributed by atoms with E-state index < -0.39 is 11.8 Å². The van der Waals surface area contributed by atoms with E-state index in [1.807, 2.05) is 23.6 Å². The van der Waals surface area contributed by atoms with Gasteiger partial charge in [-0.2, -0.15) is 0 Å². The number of likely N-dealkylation sites (tertiary alicyclic amines) is 1. The van der Waals surface area contributed by atoms with Crippen molar-refractivity contribution in [3.8, 4) is 0 Å². The highest BCUT2D eigenvalue weighted by Crippen LogP contribution is 2.39. The largest absolute Gasteiger partial charge is 0.383 e. The highest BCUT2D eigenvalue weighted by molar-refractivity contribution is 7.12. The van der Waals surface area contributed by atoms with Crippen LogP contribution in [-0.4, -0.2) is 79.2 Å². The molecule has 32 heavy (non-hydrogen) atoms. The quantitative estimate of drug-likeness (QED) is 0.671. The summed E-state index contributed by atoms with van der Waals surface area (Å²) in [6.07, 6.45) is 0.898. The summed E-state index contributed by atoms with van der Waals surface area (Å²) in [6.45, 7) is 1.77. The van der Waals surface area contributed by atoms with Crippen LogP contribution in [0.25, 0.3) is 0 Å². The SMILES string of the molecule is COCCNC(=O)[C@@H]1COC2(CCN(C(=O)c3cccs3)CC2)N1C(=O)c1ccccc1. The molecule has 0 bridgehead atoms. The second-order valence-corrected chi connectivity index (χ2v) is 8.82. The van der Waals surface area contributed by atoms with Crippen LogP contribution in [0.3, 0.4) is 0 Å². The van der Waals surface area contributed by atoms with Gasteiger partial charge in [-0.05, 0) is 23.6 Å². The molecule has 1 aromatic heterocycles. The van der Waals surface area contributed by atoms with Gasteiger partial charge >= 0.3 is 0 Å². The first-order valence-corrected chi connectivity index (χ1v) is 11.6. The minimum Gasteiger partial charge on any atom is -0.383 e. The van der Waals surface area contributed by atoms with Gasteiger partial charge in [0, 0.05) is 45.1 Å². The molecule has 3 heterocycles. The Labute approximate surface area is 191 Å². The average Bonchev–Trinajstić information content (AvgIpc) is 3.48. The summed E-state index contributed by atoms with van der Waals surface area (Å²) in [4.78, 5) is 43.3. The molecule has 170 valence electrons. The van der Waals surface area contributed by atoms with Gasteiger partial charge in [0.15, 0.2) is 0 Å². The Balaban J connectivity index is 1.54. The third-order valence-corrected chi connectivity index (χ3v) is 6.83. The molecule has 3 amide bonds. The van der Waals surface area contributed by atoms with E-state index in [0.29, 0.717) is 49.5 Å². The molecular formula is C23H27N3O5S. The number of hydrogen-bond donors (Lipinski definition) is 1. The normalized spacial score (nSPS) is 19.8. The molecule has 0 saturated carbocycles. The predicted molar refractivity (Wildman–Crippen MR) is 119 cm³/mol. The lowest BCUT2D eigenvalue weighted by Crippen LogP contribution is -2.60. The number of rotatable bonds is 6. The zero-order chi connectivity index (χ0) is 22.6. The molecule has 2 aromatic rings. The monoisotopic (exact) mass is 457 g/mol. The van der Waals surface area contributed by atoms with Crippen LogP contribution in [0.1, 0.15) is 32.9 Å². The fourth-order valence-electron chi connectivity index (χ4n) is 4.30. The van der Waals surface area contributed by atoms with E-state index in [-0.39, 0.29) is 24.3 Å². The molecule has 0 radical (unpaired) electrons. The topological polar surface area (TPSA) is 88.2 Å². The summed E-state index contributed by atoms with van der Waals surface area (Å²) >= 11 is 1.41. The standard InChI is InChI=1S/C23H27N3O5S/c1-30-14-11-24-20(27)18-16-31-23(26(18)21(28)17-6-3-2-4-7-17)9-12-25(13-10-23)22(29)19-8-5-15-32-19/h2-8,15,18H,9-14,16H2,1H3,(H,24,27)/t18-/m0/s1. The molecule has 2 fully saturated rings. The smallest absolute Gasteiger partial charge is 0.263 e. The molecule has 0 aliphatic carbocycles. The van der Waals surface area contributed by atoms with E-state index in [9.17, 15) is 14.4 Å². The maximum absolute atomic E-state index is 13.5. The van der Waals surface area contributed by atoms with Crippen LogP contribution in [0.5, 0.6) is 0 Å². The number of methoxy groups -OCH3 is 1. The Morgan fingerprint density at radius 3 is 2.53 bits per heavy atom. The number of carbonyl (C=O) groups is 3. The molecule has 8 nitrogen and oxygen atoms in total. The molecule has 0 unspecified atom stereocenters. The van der Waals surface area contributed by atoms with Gasteiger partial charge in [0.2, 0.25) is 5.91 Å². The fourth-order valence-corrected chi connectivity index (χ4v) is 4.99. The second-order valence-electron chi connectivity index (χ2n) is 7.87. The van der Waals surface area contributed by atoms with Crippen molar-refractivity contribution in [1.29, 1.82) is 0 Å². The molecule has 1 aromatic carbocycles. The van der Waals surface area contributed by atoms with E-state index >= 15 is 0 Å². The van der Waals surface area contributed by atoms with Crippen LogP contribution < -0.4 is 5.32 Å². The first kappa shape index (κ1) is 22.4. The van der Waals surface area contributed by atoms with Crippen molar-refractivity contribution in [3.63, 3.8) is 0 Å². The van der Waals surface area contributed by atoms with Crippen LogP contribution in [0.4, 0.5) is 0 Å². The minimum atomic E-state index is -0.914. The lowest BCUT2D eigenvalue weighted by molar-refractivity contribution is -0.128. The van der Waals surface area contributed by atoms with Gasteiger partial charge in [-0.25, -0.2) is 0 Å². The lowest BCUT2D eigenvalue weighted by Gasteiger charge is -2.44. The van der Waals surface area contributed by atoms with E-state index in [1.54, 1.807) is 41.2 Å². The summed E-state index contributed by atoms with van der Waals surface area (Å²) in [6, 6.07) is 11.9. The number of hydrogen-bond acceptors (Lipinski definition) is 6. The molecule has 1 atom stereocenters. The molecule has 4 rings (SSSR count). The number of thiophene rings is 1. The van der Waals surface area contributed by atoms with Gasteiger partial charge in [0.1, 0.15) is 11.8 Å². The summed E-state index contributed by atoms with van der Waals surface area (Å²) in [5.41, 5.74) is -0.410. The van der Waals surface area contributed by atoms with Gasteiger partial charge in [-0.1, -0.05) is 24.3 Å². The van der Waals surface area contributed by atoms with E-state index in [0.717, 1.165) is 0 Å². The number of piperidine rings is 1. The summed E-state index contributed by atoms with van der Waals surface area (Å²) < 4.78 is 11.2. The van der Waals surface area contributed by atoms with Crippen molar-refractivity contribution in [2.45, 2.75) is 24.6 Å². The first-order valence-electron chi connectivity index (χ1n) is 10.7. The van der Waals surface area contributed by atoms with Crippen LogP contribution in [0.2, 0.25) is 0 Å². The number of benzene rings is 1. The van der Waals surface area contributed by atoms with Crippen molar-refractivity contribution >= 4 is 29.1 Å². The second kappa shape index (κ2) is 9.81. The van der Waals surface area contributed by atoms with Crippen LogP contribution in [0.15, 0.2) is 47.8 Å². The van der Waals surface area contributed by atoms with Crippen molar-refractivity contribution in [2.75, 3.05) is 40.0 Å². The minimum absolute atomic E-state index is 0.0114. The van der Waals surface area contributed by atoms with Gasteiger partial charge in [0.05, 0.1) is 18.1 Å². The fraction of sp³-hybridized carbons (Fsp3) is 0.435. The van der Waals surface area contributed by atoms with E-state index in [4.69, 9.17) is 9.47 Å². The summed E-state index contributed by atoms with van der Waals surface area (Å²) in [5.74, 6) is -0.518. The maximum atomic E-state index is 13.5. The van der Waals surface area contributed by atoms with Gasteiger partial charge in [-0.15, -0.1) is 11.3 Å². The highest BCUT2D eigenvalue weighted by Gasteiger charge is 2.54. The molecular weight excluding hydrogens is 430 g/mol. The van der Waals surface area contributed by atoms with Crippen LogP contribution >= 0.6 is 11.3 Å². The molecule has 2 aliphatic rings. The zero-order valence-corrected chi connectivity index (χ0v) is 18.8. The van der Waals surface area contributed by atoms with E-state index in [1.165, 1.54) is 11.3 Å². The van der Waals surface area contributed by atoms with Gasteiger partial charge in [-0.3, -0.25) is 19.3 Å². The van der Waals surface area contributed by atoms with Crippen molar-refractivity contribution < 1.29 is 23.9 Å². The Hall–Kier alpha value is -2.75. The summed E-state index contributed by atoms with van der Waals surface area (Å²) in [7, 11) is 1.57. The van der Waals surface area contributed by atoms with Crippen LogP contribution in [-0.2, 0) is 14.3 Å². The number of ether oxygens (including phenoxy) is 2. The first-order chi connectivity index (χ1) is 15.6. The Bertz CT molecular complexity index is 942. The lowest BCUT2D eigenvalue weighted by atomic mass is 9.96. The van der Waals surface area contributed by atoms with Gasteiger partial charge < -0.3 is 19.7 Å². The predicted octanol–water partition coefficient (Wildman–Crippen LogP) is 1.98.